The lowest BCUT2D eigenvalue weighted by Crippen LogP contribution is -2.29. The van der Waals surface area contributed by atoms with E-state index in [0.717, 1.165) is 17.8 Å². The molecule has 42 heavy (non-hydrogen) atoms. The van der Waals surface area contributed by atoms with Crippen LogP contribution in [0.1, 0.15) is 6.42 Å². The standard InChI is InChI=1S/C40H30N2/c1-5-13-31(14-6-1)41(32-15-7-2-8-16-32)37-27-23-29-22-26-36-38(28-24-30-21-25-35(37)39(29)40(30)36)42(33-17-9-3-10-18-33)34-19-11-4-12-20-34/h1-19,21-28,34H,20H2. The first-order valence-electron chi connectivity index (χ1n) is 14.7. The van der Waals surface area contributed by atoms with Crippen LogP contribution >= 0.6 is 0 Å². The molecule has 1 unspecified atom stereocenters. The summed E-state index contributed by atoms with van der Waals surface area (Å²) in [6.45, 7) is 0. The van der Waals surface area contributed by atoms with E-state index in [1.54, 1.807) is 0 Å². The van der Waals surface area contributed by atoms with Gasteiger partial charge in [0.2, 0.25) is 0 Å². The highest BCUT2D eigenvalue weighted by atomic mass is 15.2. The second kappa shape index (κ2) is 10.2. The van der Waals surface area contributed by atoms with Crippen molar-refractivity contribution in [2.75, 3.05) is 9.80 Å². The van der Waals surface area contributed by atoms with Crippen molar-refractivity contribution < 1.29 is 0 Å². The van der Waals surface area contributed by atoms with Gasteiger partial charge in [0.05, 0.1) is 11.7 Å². The lowest BCUT2D eigenvalue weighted by molar-refractivity contribution is 0.787. The lowest BCUT2D eigenvalue weighted by atomic mass is 9.91. The summed E-state index contributed by atoms with van der Waals surface area (Å²) in [5.41, 5.74) is 5.91. The molecule has 2 heteroatoms. The first-order chi connectivity index (χ1) is 20.9. The summed E-state index contributed by atoms with van der Waals surface area (Å²) < 4.78 is 0. The molecule has 7 aromatic carbocycles. The number of anilines is 5. The maximum Gasteiger partial charge on any atom is 0.0560 e. The van der Waals surface area contributed by atoms with Gasteiger partial charge >= 0.3 is 0 Å². The lowest BCUT2D eigenvalue weighted by Gasteiger charge is -2.34. The van der Waals surface area contributed by atoms with E-state index in [2.05, 4.69) is 174 Å². The van der Waals surface area contributed by atoms with Crippen molar-refractivity contribution in [3.05, 3.63) is 164 Å². The molecule has 1 aliphatic rings. The predicted molar refractivity (Wildman–Crippen MR) is 180 cm³/mol. The topological polar surface area (TPSA) is 6.48 Å². The maximum atomic E-state index is 2.51. The fourth-order valence-corrected chi connectivity index (χ4v) is 6.61. The van der Waals surface area contributed by atoms with Gasteiger partial charge in [-0.3, -0.25) is 0 Å². The highest BCUT2D eigenvalue weighted by molar-refractivity contribution is 6.28. The van der Waals surface area contributed by atoms with Gasteiger partial charge in [-0.1, -0.05) is 115 Å². The SMILES string of the molecule is C1=CCC(N(c2ccccc2)c2ccc3ccc4c(N(c5ccccc5)c5ccccc5)ccc5ccc2c3c54)C=C1. The third-order valence-electron chi connectivity index (χ3n) is 8.47. The van der Waals surface area contributed by atoms with E-state index in [1.165, 1.54) is 49.4 Å². The molecule has 0 aromatic heterocycles. The van der Waals surface area contributed by atoms with E-state index in [1.807, 2.05) is 0 Å². The van der Waals surface area contributed by atoms with Gasteiger partial charge in [0.25, 0.3) is 0 Å². The number of para-hydroxylation sites is 3. The summed E-state index contributed by atoms with van der Waals surface area (Å²) in [7, 11) is 0. The van der Waals surface area contributed by atoms with E-state index < -0.39 is 0 Å². The quantitative estimate of drug-likeness (QED) is 0.194. The molecular weight excluding hydrogens is 508 g/mol. The van der Waals surface area contributed by atoms with E-state index >= 15 is 0 Å². The molecule has 0 heterocycles. The smallest absolute Gasteiger partial charge is 0.0560 e. The zero-order chi connectivity index (χ0) is 27.9. The third kappa shape index (κ3) is 4.03. The van der Waals surface area contributed by atoms with Crippen molar-refractivity contribution in [3.8, 4) is 0 Å². The number of nitrogens with zero attached hydrogens (tertiary/aromatic N) is 2. The maximum absolute atomic E-state index is 2.51. The minimum Gasteiger partial charge on any atom is -0.334 e. The molecule has 1 atom stereocenters. The Labute approximate surface area is 246 Å². The van der Waals surface area contributed by atoms with Crippen molar-refractivity contribution in [2.45, 2.75) is 12.5 Å². The molecule has 0 bridgehead atoms. The van der Waals surface area contributed by atoms with Crippen LogP contribution in [0.15, 0.2) is 164 Å². The van der Waals surface area contributed by atoms with Crippen LogP contribution in [0.25, 0.3) is 32.3 Å². The Balaban J connectivity index is 1.40. The molecule has 2 nitrogen and oxygen atoms in total. The summed E-state index contributed by atoms with van der Waals surface area (Å²) >= 11 is 0. The van der Waals surface area contributed by atoms with E-state index in [-0.39, 0.29) is 6.04 Å². The van der Waals surface area contributed by atoms with Crippen molar-refractivity contribution >= 4 is 60.8 Å². The van der Waals surface area contributed by atoms with Crippen molar-refractivity contribution in [2.24, 2.45) is 0 Å². The van der Waals surface area contributed by atoms with E-state index in [0.29, 0.717) is 0 Å². The van der Waals surface area contributed by atoms with Crippen LogP contribution in [0.4, 0.5) is 28.4 Å². The Kier molecular flexibility index (Phi) is 5.97. The minimum atomic E-state index is 0.248. The van der Waals surface area contributed by atoms with E-state index in [9.17, 15) is 0 Å². The molecule has 0 radical (unpaired) electrons. The predicted octanol–water partition coefficient (Wildman–Crippen LogP) is 11.1. The van der Waals surface area contributed by atoms with Crippen LogP contribution in [0.3, 0.4) is 0 Å². The zero-order valence-corrected chi connectivity index (χ0v) is 23.3. The molecule has 0 aliphatic heterocycles. The summed E-state index contributed by atoms with van der Waals surface area (Å²) in [6, 6.07) is 50.8. The number of hydrogen-bond donors (Lipinski definition) is 0. The highest BCUT2D eigenvalue weighted by Gasteiger charge is 2.23. The first kappa shape index (κ1) is 24.5. The number of benzene rings is 7. The van der Waals surface area contributed by atoms with Gasteiger partial charge in [-0.2, -0.15) is 0 Å². The van der Waals surface area contributed by atoms with Crippen LogP contribution in [0.2, 0.25) is 0 Å². The number of hydrogen-bond acceptors (Lipinski definition) is 2. The number of allylic oxidation sites excluding steroid dienone is 2. The second-order valence-corrected chi connectivity index (χ2v) is 10.9. The Morgan fingerprint density at radius 3 is 1.50 bits per heavy atom. The Bertz CT molecular complexity index is 2020. The summed E-state index contributed by atoms with van der Waals surface area (Å²) in [5.74, 6) is 0. The summed E-state index contributed by atoms with van der Waals surface area (Å²) in [4.78, 5) is 4.88. The molecule has 0 N–H and O–H groups in total. The van der Waals surface area contributed by atoms with E-state index in [4.69, 9.17) is 0 Å². The van der Waals surface area contributed by atoms with Crippen LogP contribution in [0.5, 0.6) is 0 Å². The highest BCUT2D eigenvalue weighted by Crippen LogP contribution is 2.46. The van der Waals surface area contributed by atoms with Crippen LogP contribution in [-0.4, -0.2) is 6.04 Å². The molecular formula is C40H30N2. The van der Waals surface area contributed by atoms with Gasteiger partial charge in [0.15, 0.2) is 0 Å². The Morgan fingerprint density at radius 2 is 0.952 bits per heavy atom. The van der Waals surface area contributed by atoms with Gasteiger partial charge in [-0.05, 0) is 76.5 Å². The van der Waals surface area contributed by atoms with Gasteiger partial charge in [0, 0.05) is 33.5 Å². The number of rotatable bonds is 6. The summed E-state index contributed by atoms with van der Waals surface area (Å²) in [5, 5.41) is 7.69. The second-order valence-electron chi connectivity index (χ2n) is 10.9. The largest absolute Gasteiger partial charge is 0.334 e. The monoisotopic (exact) mass is 538 g/mol. The van der Waals surface area contributed by atoms with Gasteiger partial charge in [0.1, 0.15) is 0 Å². The van der Waals surface area contributed by atoms with Gasteiger partial charge in [-0.25, -0.2) is 0 Å². The van der Waals surface area contributed by atoms with Gasteiger partial charge < -0.3 is 9.80 Å². The molecule has 0 spiro atoms. The molecule has 200 valence electrons. The molecule has 7 aromatic rings. The Morgan fingerprint density at radius 1 is 0.452 bits per heavy atom. The van der Waals surface area contributed by atoms with Gasteiger partial charge in [-0.15, -0.1) is 0 Å². The molecule has 0 amide bonds. The zero-order valence-electron chi connectivity index (χ0n) is 23.3. The molecule has 0 fully saturated rings. The fraction of sp³-hybridized carbons (Fsp3) is 0.0500. The normalized spacial score (nSPS) is 14.6. The summed E-state index contributed by atoms with van der Waals surface area (Å²) in [6.07, 6.45) is 9.89. The molecule has 0 saturated heterocycles. The average molecular weight is 539 g/mol. The Hall–Kier alpha value is -5.34. The molecule has 8 rings (SSSR count). The minimum absolute atomic E-state index is 0.248. The van der Waals surface area contributed by atoms with Crippen molar-refractivity contribution in [1.29, 1.82) is 0 Å². The molecule has 1 aliphatic carbocycles. The van der Waals surface area contributed by atoms with Crippen LogP contribution < -0.4 is 9.80 Å². The van der Waals surface area contributed by atoms with Crippen molar-refractivity contribution in [3.63, 3.8) is 0 Å². The average Bonchev–Trinajstić information content (AvgIpc) is 3.07. The first-order valence-corrected chi connectivity index (χ1v) is 14.7. The fourth-order valence-electron chi connectivity index (χ4n) is 6.61. The third-order valence-corrected chi connectivity index (χ3v) is 8.47. The molecule has 0 saturated carbocycles. The van der Waals surface area contributed by atoms with Crippen LogP contribution in [-0.2, 0) is 0 Å². The van der Waals surface area contributed by atoms with Crippen LogP contribution in [0, 0.1) is 0 Å². The van der Waals surface area contributed by atoms with Crippen molar-refractivity contribution in [1.82, 2.24) is 0 Å².